The van der Waals surface area contributed by atoms with Gasteiger partial charge in [0.1, 0.15) is 23.1 Å². The molecule has 168 valence electrons. The van der Waals surface area contributed by atoms with Crippen LogP contribution in [-0.4, -0.2) is 35.6 Å². The zero-order chi connectivity index (χ0) is 22.5. The molecule has 2 aromatic rings. The van der Waals surface area contributed by atoms with Crippen molar-refractivity contribution >= 4 is 23.4 Å². The number of rotatable bonds is 6. The zero-order valence-corrected chi connectivity index (χ0v) is 17.8. The van der Waals surface area contributed by atoms with Crippen molar-refractivity contribution in [3.63, 3.8) is 0 Å². The molecule has 0 radical (unpaired) electrons. The fourth-order valence-corrected chi connectivity index (χ4v) is 5.10. The summed E-state index contributed by atoms with van der Waals surface area (Å²) in [6, 6.07) is 8.29. The summed E-state index contributed by atoms with van der Waals surface area (Å²) in [6.45, 7) is -0.238. The van der Waals surface area contributed by atoms with E-state index in [1.807, 2.05) is 0 Å². The Morgan fingerprint density at radius 2 is 1.84 bits per heavy atom. The Labute approximate surface area is 188 Å². The van der Waals surface area contributed by atoms with Crippen LogP contribution >= 0.6 is 11.6 Å². The predicted molar refractivity (Wildman–Crippen MR) is 112 cm³/mol. The summed E-state index contributed by atoms with van der Waals surface area (Å²) in [5.41, 5.74) is 0.109. The van der Waals surface area contributed by atoms with Crippen molar-refractivity contribution in [3.05, 3.63) is 58.6 Å². The highest BCUT2D eigenvalue weighted by Gasteiger charge is 2.69. The number of fused-ring (bicyclic) bond motifs is 1. The molecule has 2 bridgehead atoms. The van der Waals surface area contributed by atoms with Gasteiger partial charge in [-0.3, -0.25) is 9.59 Å². The summed E-state index contributed by atoms with van der Waals surface area (Å²) in [5.74, 6) is -0.659. The number of hydrogen-bond acceptors (Lipinski definition) is 4. The minimum absolute atomic E-state index is 0.0141. The van der Waals surface area contributed by atoms with E-state index in [9.17, 15) is 18.4 Å². The van der Waals surface area contributed by atoms with Gasteiger partial charge in [0.05, 0.1) is 5.02 Å². The van der Waals surface area contributed by atoms with Crippen molar-refractivity contribution in [2.45, 2.75) is 49.3 Å². The van der Waals surface area contributed by atoms with Crippen molar-refractivity contribution in [2.75, 3.05) is 6.61 Å². The molecule has 0 spiro atoms. The molecule has 3 fully saturated rings. The third-order valence-corrected chi connectivity index (χ3v) is 6.65. The van der Waals surface area contributed by atoms with E-state index in [1.54, 1.807) is 6.07 Å². The average Bonchev–Trinajstić information content (AvgIpc) is 2.71. The number of aryl methyl sites for hydroxylation is 1. The van der Waals surface area contributed by atoms with Gasteiger partial charge in [-0.15, -0.1) is 0 Å². The van der Waals surface area contributed by atoms with Crippen molar-refractivity contribution < 1.29 is 27.8 Å². The van der Waals surface area contributed by atoms with E-state index in [0.717, 1.165) is 11.6 Å². The van der Waals surface area contributed by atoms with Crippen LogP contribution < -0.4 is 20.1 Å². The first kappa shape index (κ1) is 21.0. The Morgan fingerprint density at radius 3 is 2.59 bits per heavy atom. The summed E-state index contributed by atoms with van der Waals surface area (Å²) in [4.78, 5) is 24.9. The molecule has 32 heavy (non-hydrogen) atoms. The number of ether oxygens (including phenoxy) is 2. The highest BCUT2D eigenvalue weighted by Crippen LogP contribution is 2.60. The van der Waals surface area contributed by atoms with Crippen molar-refractivity contribution in [1.82, 2.24) is 10.6 Å². The van der Waals surface area contributed by atoms with Gasteiger partial charge in [0.2, 0.25) is 0 Å². The molecule has 2 N–H and O–H groups in total. The summed E-state index contributed by atoms with van der Waals surface area (Å²) in [7, 11) is 0. The summed E-state index contributed by atoms with van der Waals surface area (Å²) < 4.78 is 37.9. The Balaban J connectivity index is 1.08. The van der Waals surface area contributed by atoms with Crippen molar-refractivity contribution in [3.8, 4) is 11.5 Å². The van der Waals surface area contributed by atoms with E-state index in [4.69, 9.17) is 21.1 Å². The highest BCUT2D eigenvalue weighted by atomic mass is 35.5. The lowest BCUT2D eigenvalue weighted by Crippen LogP contribution is -2.84. The molecule has 4 aliphatic rings. The van der Waals surface area contributed by atoms with Crippen LogP contribution in [0.3, 0.4) is 0 Å². The topological polar surface area (TPSA) is 76.7 Å². The maximum atomic E-state index is 13.4. The molecule has 0 unspecified atom stereocenters. The van der Waals surface area contributed by atoms with E-state index in [0.29, 0.717) is 37.9 Å². The van der Waals surface area contributed by atoms with E-state index >= 15 is 0 Å². The number of carbonyl (C=O) groups excluding carboxylic acids is 2. The molecular weight excluding hydrogens is 442 g/mol. The van der Waals surface area contributed by atoms with Gasteiger partial charge in [-0.25, -0.2) is 8.78 Å². The molecule has 2 amide bonds. The minimum Gasteiger partial charge on any atom is -0.484 e. The smallest absolute Gasteiger partial charge is 0.261 e. The summed E-state index contributed by atoms with van der Waals surface area (Å²) in [5, 5.41) is 6.00. The van der Waals surface area contributed by atoms with Gasteiger partial charge in [0, 0.05) is 17.1 Å². The first-order valence-electron chi connectivity index (χ1n) is 10.4. The van der Waals surface area contributed by atoms with Gasteiger partial charge >= 0.3 is 0 Å². The normalized spacial score (nSPS) is 27.2. The largest absolute Gasteiger partial charge is 0.484 e. The quantitative estimate of drug-likeness (QED) is 0.690. The zero-order valence-electron chi connectivity index (χ0n) is 17.1. The van der Waals surface area contributed by atoms with Crippen LogP contribution in [0.2, 0.25) is 5.02 Å². The van der Waals surface area contributed by atoms with Gasteiger partial charge in [-0.1, -0.05) is 11.6 Å². The molecule has 0 aromatic heterocycles. The van der Waals surface area contributed by atoms with Crippen molar-refractivity contribution in [1.29, 1.82) is 0 Å². The fraction of sp³-hybridized carbons (Fsp3) is 0.391. The molecule has 1 aliphatic heterocycles. The fourth-order valence-electron chi connectivity index (χ4n) is 4.98. The third kappa shape index (κ3) is 3.88. The Morgan fingerprint density at radius 1 is 1.09 bits per heavy atom. The average molecular weight is 463 g/mol. The van der Waals surface area contributed by atoms with Gasteiger partial charge in [0.15, 0.2) is 12.7 Å². The van der Waals surface area contributed by atoms with E-state index < -0.39 is 11.9 Å². The van der Waals surface area contributed by atoms with E-state index in [1.165, 1.54) is 24.3 Å². The second-order valence-corrected chi connectivity index (χ2v) is 9.30. The van der Waals surface area contributed by atoms with Crippen molar-refractivity contribution in [2.24, 2.45) is 0 Å². The second kappa shape index (κ2) is 7.62. The van der Waals surface area contributed by atoms with E-state index in [2.05, 4.69) is 10.6 Å². The maximum absolute atomic E-state index is 13.4. The van der Waals surface area contributed by atoms with Gasteiger partial charge in [-0.05, 0) is 68.0 Å². The molecule has 2 aromatic carbocycles. The number of nitrogens with one attached hydrogen (secondary N) is 2. The molecule has 1 atom stereocenters. The predicted octanol–water partition coefficient (Wildman–Crippen LogP) is 3.30. The minimum atomic E-state index is -0.612. The molecule has 3 saturated carbocycles. The Kier molecular flexibility index (Phi) is 5.00. The summed E-state index contributed by atoms with van der Waals surface area (Å²) >= 11 is 5.63. The molecule has 1 heterocycles. The lowest BCUT2D eigenvalue weighted by atomic mass is 9.44. The van der Waals surface area contributed by atoms with Gasteiger partial charge in [0.25, 0.3) is 11.8 Å². The van der Waals surface area contributed by atoms with Crippen LogP contribution in [0.15, 0.2) is 36.4 Å². The van der Waals surface area contributed by atoms with Crippen LogP contribution in [0.1, 0.15) is 31.2 Å². The van der Waals surface area contributed by atoms with Gasteiger partial charge in [-0.2, -0.15) is 0 Å². The molecule has 0 saturated heterocycles. The lowest BCUT2D eigenvalue weighted by Gasteiger charge is -2.70. The first-order valence-corrected chi connectivity index (χ1v) is 10.8. The van der Waals surface area contributed by atoms with Crippen LogP contribution in [-0.2, 0) is 16.0 Å². The number of benzene rings is 2. The SMILES string of the molecule is O=C(COc1ccc(Cl)c(F)c1)NC12CC(NC(=O)[C@@H]3CCc4cc(F)ccc4O3)(C1)C2. The third-order valence-electron chi connectivity index (χ3n) is 6.34. The second-order valence-electron chi connectivity index (χ2n) is 8.89. The first-order chi connectivity index (χ1) is 15.2. The molecule has 3 aliphatic carbocycles. The summed E-state index contributed by atoms with van der Waals surface area (Å²) in [6.07, 6.45) is 2.38. The number of hydrogen-bond donors (Lipinski definition) is 2. The van der Waals surface area contributed by atoms with E-state index in [-0.39, 0.29) is 46.1 Å². The lowest BCUT2D eigenvalue weighted by molar-refractivity contribution is -0.154. The molecular formula is C23H21ClF2N2O4. The Hall–Kier alpha value is -2.87. The van der Waals surface area contributed by atoms with Crippen LogP contribution in [0.5, 0.6) is 11.5 Å². The van der Waals surface area contributed by atoms with Crippen LogP contribution in [0.4, 0.5) is 8.78 Å². The monoisotopic (exact) mass is 462 g/mol. The number of amides is 2. The Bertz CT molecular complexity index is 1090. The number of halogens is 3. The van der Waals surface area contributed by atoms with Crippen LogP contribution in [0.25, 0.3) is 0 Å². The molecule has 9 heteroatoms. The molecule has 6 rings (SSSR count). The molecule has 6 nitrogen and oxygen atoms in total. The standard InChI is InChI=1S/C23H21ClF2N2O4/c24-16-4-3-15(8-17(16)26)31-9-20(29)27-22-10-23(11-22,12-22)28-21(30)19-5-1-13-7-14(25)2-6-18(13)32-19/h2-4,6-8,19H,1,5,9-12H2,(H,27,29)(H,28,30)/t19-,22?,23?/m0/s1. The number of carbonyl (C=O) groups is 2. The van der Waals surface area contributed by atoms with Crippen LogP contribution in [0, 0.1) is 11.6 Å². The highest BCUT2D eigenvalue weighted by molar-refractivity contribution is 6.30. The maximum Gasteiger partial charge on any atom is 0.261 e. The van der Waals surface area contributed by atoms with Gasteiger partial charge < -0.3 is 20.1 Å².